The molecule has 4 N–H and O–H groups in total. The minimum atomic E-state index is -0.715. The Morgan fingerprint density at radius 3 is 1.29 bits per heavy atom. The molecule has 0 saturated carbocycles. The van der Waals surface area contributed by atoms with Crippen LogP contribution in [0.15, 0.2) is 85.2 Å². The van der Waals surface area contributed by atoms with Crippen LogP contribution in [0.3, 0.4) is 0 Å². The summed E-state index contributed by atoms with van der Waals surface area (Å²) in [6.07, 6.45) is 4.74. The Morgan fingerprint density at radius 1 is 0.562 bits per heavy atom. The summed E-state index contributed by atoms with van der Waals surface area (Å²) in [4.78, 5) is 32.4. The monoisotopic (exact) mass is 646 g/mol. The Morgan fingerprint density at radius 2 is 0.938 bits per heavy atom. The zero-order valence-electron chi connectivity index (χ0n) is 27.4. The molecule has 6 rings (SSSR count). The van der Waals surface area contributed by atoms with E-state index in [4.69, 9.17) is 18.9 Å². The maximum Gasteiger partial charge on any atom is 0.309 e. The molecular weight excluding hydrogens is 608 g/mol. The Bertz CT molecular complexity index is 1920. The molecule has 48 heavy (non-hydrogen) atoms. The molecule has 0 spiro atoms. The lowest BCUT2D eigenvalue weighted by Crippen LogP contribution is -2.41. The van der Waals surface area contributed by atoms with Crippen molar-refractivity contribution in [2.75, 3.05) is 41.5 Å². The zero-order valence-corrected chi connectivity index (χ0v) is 27.4. The number of ether oxygens (including phenoxy) is 4. The fraction of sp³-hybridized carbons (Fsp3) is 0.211. The quantitative estimate of drug-likeness (QED) is 0.120. The second-order valence-electron chi connectivity index (χ2n) is 11.2. The van der Waals surface area contributed by atoms with Crippen molar-refractivity contribution in [1.29, 1.82) is 0 Å². The van der Waals surface area contributed by atoms with Gasteiger partial charge in [-0.15, -0.1) is 0 Å². The minimum absolute atomic E-state index is 0.224. The highest BCUT2D eigenvalue weighted by Crippen LogP contribution is 2.42. The first-order valence-electron chi connectivity index (χ1n) is 15.7. The van der Waals surface area contributed by atoms with Gasteiger partial charge in [0.25, 0.3) is 0 Å². The van der Waals surface area contributed by atoms with Crippen molar-refractivity contribution in [1.82, 2.24) is 20.6 Å². The van der Waals surface area contributed by atoms with Gasteiger partial charge in [-0.25, -0.2) is 0 Å². The maximum atomic E-state index is 12.8. The first kappa shape index (κ1) is 32.1. The van der Waals surface area contributed by atoms with Crippen LogP contribution in [0.1, 0.15) is 11.1 Å². The summed E-state index contributed by atoms with van der Waals surface area (Å²) in [6, 6.07) is 23.8. The molecule has 2 amide bonds. The molecule has 0 radical (unpaired) electrons. The van der Waals surface area contributed by atoms with Crippen molar-refractivity contribution in [3.05, 3.63) is 96.3 Å². The Hall–Kier alpha value is -5.90. The fourth-order valence-electron chi connectivity index (χ4n) is 6.27. The van der Waals surface area contributed by atoms with Gasteiger partial charge in [0.05, 0.1) is 39.5 Å². The Balaban J connectivity index is 1.13. The van der Waals surface area contributed by atoms with E-state index in [2.05, 4.69) is 20.6 Å². The number of methoxy groups -OCH3 is 4. The summed E-state index contributed by atoms with van der Waals surface area (Å²) in [6.45, 7) is 0.447. The number of hydrogen-bond acceptors (Lipinski definition) is 6. The van der Waals surface area contributed by atoms with Gasteiger partial charge in [0.15, 0.2) is 0 Å². The van der Waals surface area contributed by atoms with Gasteiger partial charge in [0, 0.05) is 70.6 Å². The highest BCUT2D eigenvalue weighted by Gasteiger charge is 2.22. The lowest BCUT2D eigenvalue weighted by atomic mass is 10.00. The molecular formula is C38H38N4O6. The molecule has 0 unspecified atom stereocenters. The summed E-state index contributed by atoms with van der Waals surface area (Å²) in [7, 11) is 6.45. The molecule has 0 saturated heterocycles. The molecule has 10 heteroatoms. The van der Waals surface area contributed by atoms with Crippen LogP contribution in [0.4, 0.5) is 0 Å². The highest BCUT2D eigenvalue weighted by molar-refractivity contribution is 6.35. The predicted molar refractivity (Wildman–Crippen MR) is 187 cm³/mol. The van der Waals surface area contributed by atoms with Crippen LogP contribution < -0.4 is 29.6 Å². The standard InChI is InChI=1S/C38H38N4O6/c1-45-29-19-31(47-3)33-27(23-11-7-5-8-12-23)21-41-35(33)25(29)15-17-39-37(43)38(44)40-18-16-26-30(46-2)20-32(48-4)34-28(22-42-36(26)34)24-13-9-6-10-14-24/h5-14,19-22,41-42H,15-18H2,1-4H3,(H,39,43)(H,40,44). The van der Waals surface area contributed by atoms with E-state index in [1.807, 2.05) is 85.2 Å². The Kier molecular flexibility index (Phi) is 9.52. The van der Waals surface area contributed by atoms with Crippen LogP contribution in [0.2, 0.25) is 0 Å². The number of amides is 2. The second kappa shape index (κ2) is 14.3. The SMILES string of the molecule is COc1cc(OC)c2c(-c3ccccc3)c[nH]c2c1CCNC(=O)C(=O)NCCc1c(OC)cc(OC)c2c(-c3ccccc3)c[nH]c12. The maximum absolute atomic E-state index is 12.8. The van der Waals surface area contributed by atoms with Crippen LogP contribution in [0.5, 0.6) is 23.0 Å². The van der Waals surface area contributed by atoms with E-state index in [0.717, 1.165) is 55.2 Å². The number of fused-ring (bicyclic) bond motifs is 2. The van der Waals surface area contributed by atoms with Crippen molar-refractivity contribution in [3.63, 3.8) is 0 Å². The predicted octanol–water partition coefficient (Wildman–Crippen LogP) is 6.04. The zero-order chi connectivity index (χ0) is 33.6. The third kappa shape index (κ3) is 6.12. The number of hydrogen-bond donors (Lipinski definition) is 4. The van der Waals surface area contributed by atoms with Crippen LogP contribution in [-0.4, -0.2) is 63.3 Å². The number of H-pyrrole nitrogens is 2. The summed E-state index contributed by atoms with van der Waals surface area (Å²) in [5.74, 6) is 1.17. The van der Waals surface area contributed by atoms with E-state index in [1.165, 1.54) is 0 Å². The normalized spacial score (nSPS) is 11.0. The Labute approximate surface area is 278 Å². The lowest BCUT2D eigenvalue weighted by molar-refractivity contribution is -0.139. The van der Waals surface area contributed by atoms with E-state index in [9.17, 15) is 9.59 Å². The molecule has 2 heterocycles. The van der Waals surface area contributed by atoms with E-state index in [1.54, 1.807) is 28.4 Å². The topological polar surface area (TPSA) is 127 Å². The van der Waals surface area contributed by atoms with Gasteiger partial charge in [0.2, 0.25) is 0 Å². The smallest absolute Gasteiger partial charge is 0.309 e. The average molecular weight is 647 g/mol. The van der Waals surface area contributed by atoms with E-state index < -0.39 is 11.8 Å². The van der Waals surface area contributed by atoms with Crippen LogP contribution in [0, 0.1) is 0 Å². The fourth-order valence-corrected chi connectivity index (χ4v) is 6.27. The number of carbonyl (C=O) groups is 2. The molecule has 2 aromatic heterocycles. The summed E-state index contributed by atoms with van der Waals surface area (Å²) in [5.41, 5.74) is 7.52. The van der Waals surface area contributed by atoms with E-state index in [0.29, 0.717) is 35.8 Å². The second-order valence-corrected chi connectivity index (χ2v) is 11.2. The van der Waals surface area contributed by atoms with Gasteiger partial charge >= 0.3 is 11.8 Å². The molecule has 4 aromatic carbocycles. The number of aromatic amines is 2. The minimum Gasteiger partial charge on any atom is -0.496 e. The molecule has 0 atom stereocenters. The van der Waals surface area contributed by atoms with Crippen molar-refractivity contribution < 1.29 is 28.5 Å². The summed E-state index contributed by atoms with van der Waals surface area (Å²) in [5, 5.41) is 7.35. The number of aromatic nitrogens is 2. The van der Waals surface area contributed by atoms with Gasteiger partial charge in [-0.2, -0.15) is 0 Å². The number of nitrogens with one attached hydrogen (secondary N) is 4. The van der Waals surface area contributed by atoms with Gasteiger partial charge in [-0.1, -0.05) is 60.7 Å². The van der Waals surface area contributed by atoms with Crippen LogP contribution in [-0.2, 0) is 22.4 Å². The van der Waals surface area contributed by atoms with Crippen molar-refractivity contribution in [2.45, 2.75) is 12.8 Å². The van der Waals surface area contributed by atoms with Crippen LogP contribution >= 0.6 is 0 Å². The largest absolute Gasteiger partial charge is 0.496 e. The van der Waals surface area contributed by atoms with Gasteiger partial charge in [-0.05, 0) is 24.0 Å². The van der Waals surface area contributed by atoms with E-state index in [-0.39, 0.29) is 13.1 Å². The van der Waals surface area contributed by atoms with Crippen molar-refractivity contribution in [3.8, 4) is 45.3 Å². The molecule has 246 valence electrons. The van der Waals surface area contributed by atoms with Gasteiger partial charge in [-0.3, -0.25) is 9.59 Å². The number of rotatable bonds is 12. The first-order chi connectivity index (χ1) is 23.5. The molecule has 0 aliphatic rings. The average Bonchev–Trinajstić information content (AvgIpc) is 3.78. The van der Waals surface area contributed by atoms with Crippen LogP contribution in [0.25, 0.3) is 44.1 Å². The third-order valence-corrected chi connectivity index (χ3v) is 8.55. The lowest BCUT2D eigenvalue weighted by Gasteiger charge is -2.15. The summed E-state index contributed by atoms with van der Waals surface area (Å²) >= 11 is 0. The first-order valence-corrected chi connectivity index (χ1v) is 15.7. The molecule has 0 aliphatic carbocycles. The third-order valence-electron chi connectivity index (χ3n) is 8.55. The van der Waals surface area contributed by atoms with Crippen molar-refractivity contribution >= 4 is 33.6 Å². The van der Waals surface area contributed by atoms with Crippen molar-refractivity contribution in [2.24, 2.45) is 0 Å². The molecule has 0 aliphatic heterocycles. The van der Waals surface area contributed by atoms with Gasteiger partial charge in [0.1, 0.15) is 23.0 Å². The number of carbonyl (C=O) groups excluding carboxylic acids is 2. The van der Waals surface area contributed by atoms with E-state index >= 15 is 0 Å². The van der Waals surface area contributed by atoms with Gasteiger partial charge < -0.3 is 39.5 Å². The molecule has 0 bridgehead atoms. The number of benzene rings is 4. The molecule has 10 nitrogen and oxygen atoms in total. The highest BCUT2D eigenvalue weighted by atomic mass is 16.5. The summed E-state index contributed by atoms with van der Waals surface area (Å²) < 4.78 is 22.8. The molecule has 6 aromatic rings. The molecule has 0 fully saturated rings.